The molecule has 0 aliphatic carbocycles. The summed E-state index contributed by atoms with van der Waals surface area (Å²) in [5.74, 6) is 5.98. The second-order valence-electron chi connectivity index (χ2n) is 6.15. The molecule has 0 aliphatic heterocycles. The fraction of sp³-hybridized carbons (Fsp3) is 0.619. The summed E-state index contributed by atoms with van der Waals surface area (Å²) in [6.07, 6.45) is 6.20. The molecule has 1 aromatic carbocycles. The third kappa shape index (κ3) is 10.9. The Morgan fingerprint density at radius 3 is 1.96 bits per heavy atom. The van der Waals surface area contributed by atoms with E-state index in [1.54, 1.807) is 0 Å². The van der Waals surface area contributed by atoms with E-state index in [4.69, 9.17) is 4.74 Å². The molecule has 0 saturated carbocycles. The van der Waals surface area contributed by atoms with E-state index in [2.05, 4.69) is 11.8 Å². The van der Waals surface area contributed by atoms with E-state index < -0.39 is 11.7 Å². The van der Waals surface area contributed by atoms with Crippen molar-refractivity contribution in [2.45, 2.75) is 70.9 Å². The van der Waals surface area contributed by atoms with Crippen LogP contribution in [0.1, 0.15) is 75.8 Å². The molecule has 0 unspecified atom stereocenters. The first-order chi connectivity index (χ1) is 12.0. The normalized spacial score (nSPS) is 11.2. The number of halogens is 3. The Kier molecular flexibility index (Phi) is 11.1. The van der Waals surface area contributed by atoms with Gasteiger partial charge in [-0.2, -0.15) is 13.2 Å². The van der Waals surface area contributed by atoms with Crippen molar-refractivity contribution in [3.8, 4) is 11.8 Å². The molecule has 0 heterocycles. The fourth-order valence-corrected chi connectivity index (χ4v) is 2.53. The molecule has 0 aliphatic rings. The number of hydrogen-bond acceptors (Lipinski definition) is 1. The van der Waals surface area contributed by atoms with Gasteiger partial charge >= 0.3 is 6.18 Å². The number of unbranched alkanes of at least 4 members (excludes halogenated alkanes) is 8. The number of rotatable bonds is 11. The average Bonchev–Trinajstić information content (AvgIpc) is 2.58. The third-order valence-corrected chi connectivity index (χ3v) is 3.99. The number of alkyl halides is 3. The molecule has 0 aromatic heterocycles. The zero-order valence-corrected chi connectivity index (χ0v) is 15.1. The Balaban J connectivity index is 2.02. The monoisotopic (exact) mass is 354 g/mol. The summed E-state index contributed by atoms with van der Waals surface area (Å²) in [6, 6.07) is 5.03. The van der Waals surface area contributed by atoms with E-state index in [1.807, 2.05) is 6.92 Å². The lowest BCUT2D eigenvalue weighted by molar-refractivity contribution is -0.137. The van der Waals surface area contributed by atoms with Gasteiger partial charge in [0.05, 0.1) is 5.56 Å². The molecular weight excluding hydrogens is 325 g/mol. The van der Waals surface area contributed by atoms with Gasteiger partial charge in [0.2, 0.25) is 0 Å². The van der Waals surface area contributed by atoms with Gasteiger partial charge in [-0.15, -0.1) is 0 Å². The topological polar surface area (TPSA) is 9.23 Å². The van der Waals surface area contributed by atoms with Crippen LogP contribution < -0.4 is 0 Å². The van der Waals surface area contributed by atoms with Gasteiger partial charge in [0.15, 0.2) is 0 Å². The van der Waals surface area contributed by atoms with Gasteiger partial charge in [-0.05, 0) is 44.0 Å². The molecule has 0 spiro atoms. The Labute approximate surface area is 150 Å². The molecule has 1 nitrogen and oxygen atoms in total. The SMILES string of the molecule is CCOCCCCCCCCCCC#Cc1ccc(C(F)(F)F)cc1. The van der Waals surface area contributed by atoms with Crippen molar-refractivity contribution in [2.24, 2.45) is 0 Å². The fourth-order valence-electron chi connectivity index (χ4n) is 2.53. The molecule has 0 bridgehead atoms. The first kappa shape index (κ1) is 21.6. The molecule has 0 N–H and O–H groups in total. The van der Waals surface area contributed by atoms with Crippen LogP contribution in [0.3, 0.4) is 0 Å². The Morgan fingerprint density at radius 2 is 1.40 bits per heavy atom. The predicted octanol–water partition coefficient (Wildman–Crippen LogP) is 6.60. The minimum atomic E-state index is -4.28. The van der Waals surface area contributed by atoms with E-state index in [-0.39, 0.29) is 0 Å². The molecule has 0 radical (unpaired) electrons. The molecule has 0 atom stereocenters. The summed E-state index contributed by atoms with van der Waals surface area (Å²) in [5.41, 5.74) is 0.0102. The van der Waals surface area contributed by atoms with Crippen LogP contribution in [-0.4, -0.2) is 13.2 Å². The van der Waals surface area contributed by atoms with Crippen molar-refractivity contribution in [2.75, 3.05) is 13.2 Å². The lowest BCUT2D eigenvalue weighted by Crippen LogP contribution is -2.04. The molecule has 4 heteroatoms. The molecule has 1 aromatic rings. The van der Waals surface area contributed by atoms with Crippen molar-refractivity contribution in [3.05, 3.63) is 35.4 Å². The maximum Gasteiger partial charge on any atom is 0.416 e. The van der Waals surface area contributed by atoms with E-state index in [0.29, 0.717) is 5.56 Å². The summed E-state index contributed by atoms with van der Waals surface area (Å²) in [6.45, 7) is 3.71. The highest BCUT2D eigenvalue weighted by Crippen LogP contribution is 2.28. The van der Waals surface area contributed by atoms with Crippen molar-refractivity contribution in [3.63, 3.8) is 0 Å². The van der Waals surface area contributed by atoms with Crippen LogP contribution in [0.15, 0.2) is 24.3 Å². The van der Waals surface area contributed by atoms with Crippen LogP contribution in [0, 0.1) is 11.8 Å². The van der Waals surface area contributed by atoms with Crippen LogP contribution in [0.4, 0.5) is 13.2 Å². The number of hydrogen-bond donors (Lipinski definition) is 0. The van der Waals surface area contributed by atoms with Gasteiger partial charge < -0.3 is 4.74 Å². The molecular formula is C21H29F3O. The molecule has 0 saturated heterocycles. The van der Waals surface area contributed by atoms with Crippen LogP contribution in [-0.2, 0) is 10.9 Å². The third-order valence-electron chi connectivity index (χ3n) is 3.99. The molecule has 25 heavy (non-hydrogen) atoms. The molecule has 1 rings (SSSR count). The summed E-state index contributed by atoms with van der Waals surface area (Å²) < 4.78 is 42.7. The largest absolute Gasteiger partial charge is 0.416 e. The van der Waals surface area contributed by atoms with Crippen LogP contribution in [0.2, 0.25) is 0 Å². The molecule has 0 fully saturated rings. The first-order valence-corrected chi connectivity index (χ1v) is 9.28. The van der Waals surface area contributed by atoms with Gasteiger partial charge in [-0.1, -0.05) is 50.4 Å². The maximum atomic E-state index is 12.5. The van der Waals surface area contributed by atoms with E-state index in [1.165, 1.54) is 50.7 Å². The van der Waals surface area contributed by atoms with Gasteiger partial charge in [0, 0.05) is 25.2 Å². The van der Waals surface area contributed by atoms with Gasteiger partial charge in [-0.25, -0.2) is 0 Å². The minimum Gasteiger partial charge on any atom is -0.382 e. The highest BCUT2D eigenvalue weighted by molar-refractivity contribution is 5.36. The summed E-state index contributed by atoms with van der Waals surface area (Å²) >= 11 is 0. The van der Waals surface area contributed by atoms with Gasteiger partial charge in [-0.3, -0.25) is 0 Å². The molecule has 0 amide bonds. The zero-order chi connectivity index (χ0) is 18.4. The minimum absolute atomic E-state index is 0.629. The Morgan fingerprint density at radius 1 is 0.840 bits per heavy atom. The van der Waals surface area contributed by atoms with Crippen molar-refractivity contribution in [1.29, 1.82) is 0 Å². The smallest absolute Gasteiger partial charge is 0.382 e. The maximum absolute atomic E-state index is 12.5. The lowest BCUT2D eigenvalue weighted by atomic mass is 10.1. The summed E-state index contributed by atoms with van der Waals surface area (Å²) in [4.78, 5) is 0. The van der Waals surface area contributed by atoms with Gasteiger partial charge in [0.25, 0.3) is 0 Å². The van der Waals surface area contributed by atoms with Crippen molar-refractivity contribution >= 4 is 0 Å². The van der Waals surface area contributed by atoms with E-state index in [9.17, 15) is 13.2 Å². The second-order valence-corrected chi connectivity index (χ2v) is 6.15. The Bertz CT molecular complexity index is 509. The van der Waals surface area contributed by atoms with Crippen LogP contribution in [0.25, 0.3) is 0 Å². The van der Waals surface area contributed by atoms with Crippen molar-refractivity contribution in [1.82, 2.24) is 0 Å². The highest BCUT2D eigenvalue weighted by atomic mass is 19.4. The van der Waals surface area contributed by atoms with Crippen LogP contribution in [0.5, 0.6) is 0 Å². The highest BCUT2D eigenvalue weighted by Gasteiger charge is 2.29. The van der Waals surface area contributed by atoms with Gasteiger partial charge in [0.1, 0.15) is 0 Å². The van der Waals surface area contributed by atoms with Crippen molar-refractivity contribution < 1.29 is 17.9 Å². The quantitative estimate of drug-likeness (QED) is 0.321. The predicted molar refractivity (Wildman–Crippen MR) is 96.4 cm³/mol. The second kappa shape index (κ2) is 12.8. The van der Waals surface area contributed by atoms with E-state index in [0.717, 1.165) is 44.6 Å². The number of benzene rings is 1. The Hall–Kier alpha value is -1.47. The molecule has 140 valence electrons. The standard InChI is InChI=1S/C21H29F3O/c1-2-25-18-12-10-8-6-4-3-5-7-9-11-13-19-14-16-20(17-15-19)21(22,23)24/h14-17H,2-10,12,18H2,1H3. The van der Waals surface area contributed by atoms with E-state index >= 15 is 0 Å². The lowest BCUT2D eigenvalue weighted by Gasteiger charge is -2.05. The number of ether oxygens (including phenoxy) is 1. The zero-order valence-electron chi connectivity index (χ0n) is 15.1. The van der Waals surface area contributed by atoms with Crippen LogP contribution >= 0.6 is 0 Å². The summed E-state index contributed by atoms with van der Waals surface area (Å²) in [7, 11) is 0. The summed E-state index contributed by atoms with van der Waals surface area (Å²) in [5, 5.41) is 0. The average molecular weight is 354 g/mol. The first-order valence-electron chi connectivity index (χ1n) is 9.28.